The molecule has 1 heterocycles. The van der Waals surface area contributed by atoms with Gasteiger partial charge in [-0.1, -0.05) is 12.1 Å². The summed E-state index contributed by atoms with van der Waals surface area (Å²) in [6, 6.07) is 11.0. The first-order valence-corrected chi connectivity index (χ1v) is 9.38. The maximum atomic E-state index is 5.49. The fourth-order valence-corrected chi connectivity index (χ4v) is 3.79. The number of ether oxygens (including phenoxy) is 1. The van der Waals surface area contributed by atoms with Gasteiger partial charge in [-0.3, -0.25) is 0 Å². The van der Waals surface area contributed by atoms with E-state index in [0.717, 1.165) is 17.9 Å². The highest BCUT2D eigenvalue weighted by atomic mass is 32.2. The van der Waals surface area contributed by atoms with E-state index in [2.05, 4.69) is 67.9 Å². The molecule has 0 amide bonds. The van der Waals surface area contributed by atoms with Gasteiger partial charge < -0.3 is 10.2 Å². The summed E-state index contributed by atoms with van der Waals surface area (Å²) in [5.74, 6) is 0.959. The third kappa shape index (κ3) is 3.03. The molecule has 4 heteroatoms. The van der Waals surface area contributed by atoms with Crippen LogP contribution >= 0.6 is 11.8 Å². The van der Waals surface area contributed by atoms with Crippen LogP contribution in [0.25, 0.3) is 0 Å². The molecule has 3 rings (SSSR count). The van der Waals surface area contributed by atoms with E-state index in [9.17, 15) is 0 Å². The van der Waals surface area contributed by atoms with Gasteiger partial charge in [-0.15, -0.1) is 11.8 Å². The lowest BCUT2D eigenvalue weighted by Crippen LogP contribution is -2.14. The Labute approximate surface area is 148 Å². The summed E-state index contributed by atoms with van der Waals surface area (Å²) < 4.78 is 5.49. The van der Waals surface area contributed by atoms with Crippen LogP contribution in [0.2, 0.25) is 0 Å². The molecule has 126 valence electrons. The summed E-state index contributed by atoms with van der Waals surface area (Å²) in [5, 5.41) is 4.60. The van der Waals surface area contributed by atoms with E-state index < -0.39 is 0 Å². The zero-order chi connectivity index (χ0) is 17.3. The third-order valence-corrected chi connectivity index (χ3v) is 5.60. The lowest BCUT2D eigenvalue weighted by molar-refractivity contribution is 0.410. The van der Waals surface area contributed by atoms with Crippen LogP contribution < -0.4 is 10.2 Å². The molecule has 24 heavy (non-hydrogen) atoms. The molecular formula is C20H24N2OS. The standard InChI is InChI=1S/C20H24N2OS/c1-12-10-19(23-4)13(2)14(3)20(12)18-11-17(21-22-18)15-6-8-16(24-5)9-7-15/h6-10,18,22H,11H2,1-5H3. The van der Waals surface area contributed by atoms with E-state index in [1.807, 2.05) is 0 Å². The molecule has 1 unspecified atom stereocenters. The van der Waals surface area contributed by atoms with Crippen LogP contribution in [-0.2, 0) is 0 Å². The number of benzene rings is 2. The zero-order valence-corrected chi connectivity index (χ0v) is 15.8. The molecule has 3 nitrogen and oxygen atoms in total. The number of aryl methyl sites for hydroxylation is 1. The topological polar surface area (TPSA) is 33.6 Å². The van der Waals surface area contributed by atoms with E-state index >= 15 is 0 Å². The monoisotopic (exact) mass is 340 g/mol. The van der Waals surface area contributed by atoms with E-state index in [1.165, 1.54) is 32.7 Å². The second kappa shape index (κ2) is 6.89. The highest BCUT2D eigenvalue weighted by molar-refractivity contribution is 7.98. The number of hydrazone groups is 1. The molecule has 1 aliphatic rings. The van der Waals surface area contributed by atoms with Crippen LogP contribution in [0.4, 0.5) is 0 Å². The Morgan fingerprint density at radius 1 is 1.12 bits per heavy atom. The van der Waals surface area contributed by atoms with Crippen molar-refractivity contribution in [3.8, 4) is 5.75 Å². The van der Waals surface area contributed by atoms with Crippen molar-refractivity contribution in [2.24, 2.45) is 5.10 Å². The van der Waals surface area contributed by atoms with Crippen molar-refractivity contribution in [2.75, 3.05) is 13.4 Å². The van der Waals surface area contributed by atoms with Crippen LogP contribution in [0, 0.1) is 20.8 Å². The van der Waals surface area contributed by atoms with Gasteiger partial charge in [-0.2, -0.15) is 5.10 Å². The molecule has 0 fully saturated rings. The van der Waals surface area contributed by atoms with Crippen molar-refractivity contribution in [1.82, 2.24) is 5.43 Å². The molecule has 0 saturated heterocycles. The predicted octanol–water partition coefficient (Wildman–Crippen LogP) is 4.78. The summed E-state index contributed by atoms with van der Waals surface area (Å²) in [7, 11) is 1.73. The number of nitrogens with one attached hydrogen (secondary N) is 1. The van der Waals surface area contributed by atoms with E-state index in [4.69, 9.17) is 4.74 Å². The van der Waals surface area contributed by atoms with Crippen molar-refractivity contribution < 1.29 is 4.74 Å². The van der Waals surface area contributed by atoms with Gasteiger partial charge in [-0.25, -0.2) is 0 Å². The van der Waals surface area contributed by atoms with Crippen molar-refractivity contribution in [2.45, 2.75) is 38.1 Å². The average molecular weight is 340 g/mol. The number of methoxy groups -OCH3 is 1. The summed E-state index contributed by atoms with van der Waals surface area (Å²) in [4.78, 5) is 1.28. The van der Waals surface area contributed by atoms with E-state index in [1.54, 1.807) is 18.9 Å². The van der Waals surface area contributed by atoms with Crippen molar-refractivity contribution >= 4 is 17.5 Å². The first-order chi connectivity index (χ1) is 11.5. The molecule has 1 aliphatic heterocycles. The minimum absolute atomic E-state index is 0.227. The molecule has 0 aliphatic carbocycles. The minimum atomic E-state index is 0.227. The van der Waals surface area contributed by atoms with E-state index in [-0.39, 0.29) is 6.04 Å². The Morgan fingerprint density at radius 3 is 2.46 bits per heavy atom. The molecule has 1 N–H and O–H groups in total. The van der Waals surface area contributed by atoms with Crippen molar-refractivity contribution in [3.05, 3.63) is 58.1 Å². The lowest BCUT2D eigenvalue weighted by Gasteiger charge is -2.20. The molecule has 0 radical (unpaired) electrons. The van der Waals surface area contributed by atoms with Crippen molar-refractivity contribution in [3.63, 3.8) is 0 Å². The molecule has 0 spiro atoms. The van der Waals surface area contributed by atoms with E-state index in [0.29, 0.717) is 0 Å². The fraction of sp³-hybridized carbons (Fsp3) is 0.350. The van der Waals surface area contributed by atoms with Crippen LogP contribution in [0.15, 0.2) is 40.3 Å². The predicted molar refractivity (Wildman–Crippen MR) is 102 cm³/mol. The van der Waals surface area contributed by atoms with Crippen LogP contribution in [0.3, 0.4) is 0 Å². The van der Waals surface area contributed by atoms with Gasteiger partial charge in [0.05, 0.1) is 18.9 Å². The summed E-state index contributed by atoms with van der Waals surface area (Å²) in [6.45, 7) is 6.44. The molecular weight excluding hydrogens is 316 g/mol. The second-order valence-corrected chi connectivity index (χ2v) is 7.11. The Morgan fingerprint density at radius 2 is 1.83 bits per heavy atom. The second-order valence-electron chi connectivity index (χ2n) is 6.23. The highest BCUT2D eigenvalue weighted by Crippen LogP contribution is 2.35. The molecule has 1 atom stereocenters. The number of rotatable bonds is 4. The Kier molecular flexibility index (Phi) is 4.86. The van der Waals surface area contributed by atoms with Gasteiger partial charge in [0.1, 0.15) is 5.75 Å². The van der Waals surface area contributed by atoms with Gasteiger partial charge in [0.25, 0.3) is 0 Å². The summed E-state index contributed by atoms with van der Waals surface area (Å²) in [6.07, 6.45) is 3.00. The van der Waals surface area contributed by atoms with Gasteiger partial charge in [0, 0.05) is 11.3 Å². The van der Waals surface area contributed by atoms with Gasteiger partial charge in [0.2, 0.25) is 0 Å². The first kappa shape index (κ1) is 16.9. The molecule has 0 bridgehead atoms. The fourth-order valence-electron chi connectivity index (χ4n) is 3.39. The Balaban J connectivity index is 1.85. The van der Waals surface area contributed by atoms with Gasteiger partial charge in [-0.05, 0) is 73.0 Å². The van der Waals surface area contributed by atoms with Crippen LogP contribution in [-0.4, -0.2) is 19.1 Å². The molecule has 2 aromatic rings. The number of nitrogens with zero attached hydrogens (tertiary/aromatic N) is 1. The zero-order valence-electron chi connectivity index (χ0n) is 14.9. The maximum absolute atomic E-state index is 5.49. The quantitative estimate of drug-likeness (QED) is 0.813. The van der Waals surface area contributed by atoms with Crippen LogP contribution in [0.5, 0.6) is 5.75 Å². The van der Waals surface area contributed by atoms with Crippen LogP contribution in [0.1, 0.15) is 40.3 Å². The Bertz CT molecular complexity index is 781. The molecule has 0 saturated carbocycles. The number of thioether (sulfide) groups is 1. The van der Waals surface area contributed by atoms with Crippen molar-refractivity contribution in [1.29, 1.82) is 0 Å². The maximum Gasteiger partial charge on any atom is 0.122 e. The summed E-state index contributed by atoms with van der Waals surface area (Å²) >= 11 is 1.76. The average Bonchev–Trinajstić information content (AvgIpc) is 3.08. The normalized spacial score (nSPS) is 16.7. The molecule has 2 aromatic carbocycles. The summed E-state index contributed by atoms with van der Waals surface area (Å²) in [5.41, 5.74) is 10.7. The smallest absolute Gasteiger partial charge is 0.122 e. The first-order valence-electron chi connectivity index (χ1n) is 8.16. The Hall–Kier alpha value is -1.94. The number of hydrogen-bond acceptors (Lipinski definition) is 4. The minimum Gasteiger partial charge on any atom is -0.496 e. The van der Waals surface area contributed by atoms with Gasteiger partial charge >= 0.3 is 0 Å². The molecule has 0 aromatic heterocycles. The highest BCUT2D eigenvalue weighted by Gasteiger charge is 2.25. The largest absolute Gasteiger partial charge is 0.496 e. The lowest BCUT2D eigenvalue weighted by atomic mass is 9.89. The van der Waals surface area contributed by atoms with Gasteiger partial charge in [0.15, 0.2) is 0 Å². The third-order valence-electron chi connectivity index (χ3n) is 4.85. The number of hydrogen-bond donors (Lipinski definition) is 1. The SMILES string of the molecule is COc1cc(C)c(C2CC(c3ccc(SC)cc3)=NN2)c(C)c1C.